The zero-order chi connectivity index (χ0) is 14.5. The minimum atomic E-state index is -2.97. The van der Waals surface area contributed by atoms with Crippen molar-refractivity contribution in [3.8, 4) is 0 Å². The second kappa shape index (κ2) is 7.71. The van der Waals surface area contributed by atoms with Crippen LogP contribution in [-0.4, -0.2) is 32.0 Å². The molecule has 1 atom stereocenters. The van der Waals surface area contributed by atoms with Gasteiger partial charge in [-0.05, 0) is 57.3 Å². The Morgan fingerprint density at radius 2 is 2.11 bits per heavy atom. The van der Waals surface area contributed by atoms with Crippen LogP contribution in [0.5, 0.6) is 0 Å². The van der Waals surface area contributed by atoms with Crippen molar-refractivity contribution in [3.63, 3.8) is 0 Å². The first kappa shape index (κ1) is 17.1. The van der Waals surface area contributed by atoms with E-state index in [0.29, 0.717) is 6.42 Å². The van der Waals surface area contributed by atoms with Gasteiger partial charge >= 0.3 is 0 Å². The molecular formula is C12H18Br2N2O2S. The summed E-state index contributed by atoms with van der Waals surface area (Å²) in [4.78, 5) is 4.38. The van der Waals surface area contributed by atoms with Gasteiger partial charge in [0.25, 0.3) is 0 Å². The molecule has 0 aliphatic heterocycles. The highest BCUT2D eigenvalue weighted by Gasteiger charge is 2.17. The summed E-state index contributed by atoms with van der Waals surface area (Å²) in [6, 6.07) is 1.86. The van der Waals surface area contributed by atoms with Gasteiger partial charge in [-0.15, -0.1) is 0 Å². The Morgan fingerprint density at radius 1 is 1.42 bits per heavy atom. The summed E-state index contributed by atoms with van der Waals surface area (Å²) in [5.41, 5.74) is 0.848. The lowest BCUT2D eigenvalue weighted by Gasteiger charge is -2.19. The van der Waals surface area contributed by atoms with Crippen LogP contribution in [0.25, 0.3) is 0 Å². The van der Waals surface area contributed by atoms with E-state index < -0.39 is 9.84 Å². The third kappa shape index (κ3) is 6.33. The summed E-state index contributed by atoms with van der Waals surface area (Å²) in [6.07, 6.45) is 4.49. The minimum absolute atomic E-state index is 0.0582. The molecule has 1 aromatic rings. The monoisotopic (exact) mass is 412 g/mol. The molecule has 0 amide bonds. The first-order valence-electron chi connectivity index (χ1n) is 6.05. The zero-order valence-corrected chi connectivity index (χ0v) is 15.0. The average molecular weight is 414 g/mol. The van der Waals surface area contributed by atoms with Crippen molar-refractivity contribution >= 4 is 41.7 Å². The largest absolute Gasteiger partial charge is 0.309 e. The Hall–Kier alpha value is 0.0200. The molecule has 7 heteroatoms. The predicted molar refractivity (Wildman–Crippen MR) is 85.0 cm³/mol. The van der Waals surface area contributed by atoms with Crippen LogP contribution in [0.15, 0.2) is 21.2 Å². The molecule has 0 aliphatic rings. The molecule has 0 aromatic carbocycles. The van der Waals surface area contributed by atoms with E-state index in [-0.39, 0.29) is 11.8 Å². The number of hydrogen-bond donors (Lipinski definition) is 1. The molecule has 4 nitrogen and oxygen atoms in total. The van der Waals surface area contributed by atoms with Gasteiger partial charge in [0.15, 0.2) is 0 Å². The third-order valence-corrected chi connectivity index (χ3v) is 4.63. The van der Waals surface area contributed by atoms with Gasteiger partial charge in [0, 0.05) is 21.4 Å². The fourth-order valence-corrected chi connectivity index (χ4v) is 3.60. The first-order chi connectivity index (χ1) is 8.83. The highest BCUT2D eigenvalue weighted by atomic mass is 79.9. The van der Waals surface area contributed by atoms with E-state index >= 15 is 0 Å². The summed E-state index contributed by atoms with van der Waals surface area (Å²) in [5.74, 6) is 0.151. The van der Waals surface area contributed by atoms with Crippen molar-refractivity contribution in [2.45, 2.75) is 25.8 Å². The van der Waals surface area contributed by atoms with Gasteiger partial charge in [-0.2, -0.15) is 0 Å². The Morgan fingerprint density at radius 3 is 2.63 bits per heavy atom. The second-order valence-corrected chi connectivity index (χ2v) is 8.48. The lowest BCUT2D eigenvalue weighted by molar-refractivity contribution is 0.501. The van der Waals surface area contributed by atoms with E-state index in [1.54, 1.807) is 6.20 Å². The predicted octanol–water partition coefficient (Wildman–Crippen LogP) is 3.08. The van der Waals surface area contributed by atoms with Crippen LogP contribution in [0.4, 0.5) is 0 Å². The maximum atomic E-state index is 11.3. The number of nitrogens with zero attached hydrogens (tertiary/aromatic N) is 1. The summed E-state index contributed by atoms with van der Waals surface area (Å²) in [5, 5.41) is 3.35. The Kier molecular flexibility index (Phi) is 6.93. The lowest BCUT2D eigenvalue weighted by Crippen LogP contribution is -2.25. The van der Waals surface area contributed by atoms with Gasteiger partial charge in [0.05, 0.1) is 17.5 Å². The van der Waals surface area contributed by atoms with Crippen LogP contribution in [0.3, 0.4) is 0 Å². The van der Waals surface area contributed by atoms with Crippen LogP contribution in [-0.2, 0) is 9.84 Å². The topological polar surface area (TPSA) is 59.1 Å². The number of sulfone groups is 1. The standard InChI is InChI=1S/C12H18Br2N2O2S/c1-3-5-15-11(4-6-19(2,17)18)12-10(14)7-9(13)8-16-12/h7-8,11,15H,3-6H2,1-2H3. The van der Waals surface area contributed by atoms with Gasteiger partial charge in [0.1, 0.15) is 9.84 Å². The second-order valence-electron chi connectivity index (χ2n) is 4.45. The van der Waals surface area contributed by atoms with E-state index in [0.717, 1.165) is 27.6 Å². The number of rotatable bonds is 7. The molecule has 0 radical (unpaired) electrons. The molecule has 1 N–H and O–H groups in total. The average Bonchev–Trinajstić information content (AvgIpc) is 2.29. The Balaban J connectivity index is 2.88. The molecule has 0 bridgehead atoms. The molecule has 1 unspecified atom stereocenters. The summed E-state index contributed by atoms with van der Waals surface area (Å²) >= 11 is 6.84. The van der Waals surface area contributed by atoms with Crippen LogP contribution in [0, 0.1) is 0 Å². The van der Waals surface area contributed by atoms with Gasteiger partial charge < -0.3 is 5.32 Å². The van der Waals surface area contributed by atoms with Gasteiger partial charge in [-0.3, -0.25) is 4.98 Å². The Bertz CT molecular complexity index is 520. The highest BCUT2D eigenvalue weighted by molar-refractivity contribution is 9.11. The number of nitrogens with one attached hydrogen (secondary N) is 1. The fourth-order valence-electron chi connectivity index (χ4n) is 1.67. The maximum Gasteiger partial charge on any atom is 0.147 e. The van der Waals surface area contributed by atoms with Crippen LogP contribution < -0.4 is 5.32 Å². The molecule has 0 aliphatic carbocycles. The van der Waals surface area contributed by atoms with Crippen molar-refractivity contribution in [1.29, 1.82) is 0 Å². The van der Waals surface area contributed by atoms with Crippen LogP contribution in [0.1, 0.15) is 31.5 Å². The smallest absolute Gasteiger partial charge is 0.147 e. The molecule has 1 rings (SSSR count). The molecule has 0 saturated heterocycles. The van der Waals surface area contributed by atoms with Crippen molar-refractivity contribution in [2.75, 3.05) is 18.6 Å². The van der Waals surface area contributed by atoms with Gasteiger partial charge in [-0.25, -0.2) is 8.42 Å². The van der Waals surface area contributed by atoms with Crippen molar-refractivity contribution < 1.29 is 8.42 Å². The van der Waals surface area contributed by atoms with Crippen molar-refractivity contribution in [2.24, 2.45) is 0 Å². The molecule has 0 fully saturated rings. The van der Waals surface area contributed by atoms with E-state index in [4.69, 9.17) is 0 Å². The molecule has 108 valence electrons. The highest BCUT2D eigenvalue weighted by Crippen LogP contribution is 2.26. The van der Waals surface area contributed by atoms with E-state index in [1.807, 2.05) is 6.07 Å². The van der Waals surface area contributed by atoms with Crippen LogP contribution >= 0.6 is 31.9 Å². The first-order valence-corrected chi connectivity index (χ1v) is 9.70. The number of hydrogen-bond acceptors (Lipinski definition) is 4. The zero-order valence-electron chi connectivity index (χ0n) is 11.0. The van der Waals surface area contributed by atoms with Crippen LogP contribution in [0.2, 0.25) is 0 Å². The lowest BCUT2D eigenvalue weighted by atomic mass is 10.1. The molecule has 1 aromatic heterocycles. The van der Waals surface area contributed by atoms with Crippen molar-refractivity contribution in [1.82, 2.24) is 10.3 Å². The summed E-state index contributed by atoms with van der Waals surface area (Å²) in [6.45, 7) is 2.91. The Labute approximate surface area is 131 Å². The fraction of sp³-hybridized carbons (Fsp3) is 0.583. The molecule has 0 spiro atoms. The number of aromatic nitrogens is 1. The summed E-state index contributed by atoms with van der Waals surface area (Å²) in [7, 11) is -2.97. The van der Waals surface area contributed by atoms with E-state index in [1.165, 1.54) is 6.26 Å². The quantitative estimate of drug-likeness (QED) is 0.746. The molecule has 19 heavy (non-hydrogen) atoms. The normalized spacial score (nSPS) is 13.5. The summed E-state index contributed by atoms with van der Waals surface area (Å²) < 4.78 is 24.4. The maximum absolute atomic E-state index is 11.3. The van der Waals surface area contributed by atoms with Gasteiger partial charge in [0.2, 0.25) is 0 Å². The van der Waals surface area contributed by atoms with Crippen molar-refractivity contribution in [3.05, 3.63) is 26.9 Å². The minimum Gasteiger partial charge on any atom is -0.309 e. The molecule has 0 saturated carbocycles. The molecular weight excluding hydrogens is 396 g/mol. The number of halogens is 2. The third-order valence-electron chi connectivity index (χ3n) is 2.58. The van der Waals surface area contributed by atoms with E-state index in [9.17, 15) is 8.42 Å². The van der Waals surface area contributed by atoms with Gasteiger partial charge in [-0.1, -0.05) is 6.92 Å². The van der Waals surface area contributed by atoms with E-state index in [2.05, 4.69) is 49.1 Å². The SMILES string of the molecule is CCCNC(CCS(C)(=O)=O)c1ncc(Br)cc1Br. The molecule has 1 heterocycles. The number of pyridine rings is 1.